The number of hydrogen-bond donors (Lipinski definition) is 0. The molecule has 76 valence electrons. The summed E-state index contributed by atoms with van der Waals surface area (Å²) >= 11 is 3.44. The van der Waals surface area contributed by atoms with E-state index in [-0.39, 0.29) is 0 Å². The second-order valence-corrected chi connectivity index (χ2v) is 4.82. The van der Waals surface area contributed by atoms with Gasteiger partial charge in [-0.15, -0.1) is 0 Å². The Hall–Kier alpha value is -1.09. The molecule has 1 aromatic heterocycles. The van der Waals surface area contributed by atoms with E-state index in [2.05, 4.69) is 49.7 Å². The van der Waals surface area contributed by atoms with Crippen LogP contribution in [0.1, 0.15) is 24.6 Å². The summed E-state index contributed by atoms with van der Waals surface area (Å²) in [5, 5.41) is 0. The molecule has 1 aromatic carbocycles. The lowest BCUT2D eigenvalue weighted by Gasteiger charge is -2.06. The number of halogens is 1. The zero-order valence-electron chi connectivity index (χ0n) is 8.23. The molecule has 1 aliphatic carbocycles. The monoisotopic (exact) mass is 262 g/mol. The van der Waals surface area contributed by atoms with Gasteiger partial charge in [0.2, 0.25) is 0 Å². The Kier molecular flexibility index (Phi) is 2.13. The van der Waals surface area contributed by atoms with Crippen LogP contribution in [-0.4, -0.2) is 9.55 Å². The van der Waals surface area contributed by atoms with E-state index >= 15 is 0 Å². The molecule has 2 aromatic rings. The van der Waals surface area contributed by atoms with Crippen molar-refractivity contribution in [2.24, 2.45) is 0 Å². The largest absolute Gasteiger partial charge is 0.304 e. The highest BCUT2D eigenvalue weighted by molar-refractivity contribution is 9.10. The minimum Gasteiger partial charge on any atom is -0.304 e. The topological polar surface area (TPSA) is 17.8 Å². The van der Waals surface area contributed by atoms with Crippen molar-refractivity contribution in [1.29, 1.82) is 0 Å². The van der Waals surface area contributed by atoms with Crippen molar-refractivity contribution < 1.29 is 0 Å². The summed E-state index contributed by atoms with van der Waals surface area (Å²) in [4.78, 5) is 4.43. The minimum absolute atomic E-state index is 0.684. The number of hydrogen-bond acceptors (Lipinski definition) is 1. The smallest absolute Gasteiger partial charge is 0.116 e. The Morgan fingerprint density at radius 1 is 1.20 bits per heavy atom. The molecule has 0 atom stereocenters. The van der Waals surface area contributed by atoms with Crippen LogP contribution in [0.15, 0.2) is 41.1 Å². The molecule has 0 saturated heterocycles. The number of benzene rings is 1. The highest BCUT2D eigenvalue weighted by Crippen LogP contribution is 2.39. The van der Waals surface area contributed by atoms with Gasteiger partial charge in [-0.25, -0.2) is 4.98 Å². The molecule has 2 nitrogen and oxygen atoms in total. The molecule has 0 aliphatic heterocycles. The Morgan fingerprint density at radius 2 is 1.93 bits per heavy atom. The molecular formula is C12H11BrN2. The van der Waals surface area contributed by atoms with Crippen LogP contribution in [0.2, 0.25) is 0 Å². The second-order valence-electron chi connectivity index (χ2n) is 3.91. The van der Waals surface area contributed by atoms with Crippen LogP contribution in [0.4, 0.5) is 0 Å². The van der Waals surface area contributed by atoms with E-state index in [1.807, 2.05) is 12.4 Å². The molecule has 0 bridgehead atoms. The van der Waals surface area contributed by atoms with E-state index in [1.165, 1.54) is 24.4 Å². The summed E-state index contributed by atoms with van der Waals surface area (Å²) in [7, 11) is 0. The summed E-state index contributed by atoms with van der Waals surface area (Å²) in [6.45, 7) is 0. The third kappa shape index (κ3) is 1.72. The molecule has 1 heterocycles. The van der Waals surface area contributed by atoms with E-state index in [0.717, 1.165) is 4.47 Å². The van der Waals surface area contributed by atoms with Crippen molar-refractivity contribution in [1.82, 2.24) is 9.55 Å². The first kappa shape index (κ1) is 9.16. The van der Waals surface area contributed by atoms with Gasteiger partial charge in [0.25, 0.3) is 0 Å². The fourth-order valence-corrected chi connectivity index (χ4v) is 2.04. The van der Waals surface area contributed by atoms with Crippen molar-refractivity contribution in [3.05, 3.63) is 47.0 Å². The van der Waals surface area contributed by atoms with Crippen LogP contribution in [-0.2, 0) is 0 Å². The molecule has 0 spiro atoms. The van der Waals surface area contributed by atoms with Crippen molar-refractivity contribution >= 4 is 15.9 Å². The van der Waals surface area contributed by atoms with Crippen molar-refractivity contribution in [3.8, 4) is 5.69 Å². The van der Waals surface area contributed by atoms with Crippen LogP contribution in [0.5, 0.6) is 0 Å². The Morgan fingerprint density at radius 3 is 2.60 bits per heavy atom. The zero-order valence-corrected chi connectivity index (χ0v) is 9.81. The van der Waals surface area contributed by atoms with E-state index in [0.29, 0.717) is 5.92 Å². The lowest BCUT2D eigenvalue weighted by atomic mass is 10.3. The number of rotatable bonds is 2. The van der Waals surface area contributed by atoms with E-state index in [4.69, 9.17) is 0 Å². The number of aromatic nitrogens is 2. The van der Waals surface area contributed by atoms with Crippen molar-refractivity contribution in [2.75, 3.05) is 0 Å². The molecule has 0 radical (unpaired) electrons. The number of imidazole rings is 1. The first-order valence-electron chi connectivity index (χ1n) is 5.14. The molecule has 15 heavy (non-hydrogen) atoms. The van der Waals surface area contributed by atoms with Crippen molar-refractivity contribution in [3.63, 3.8) is 0 Å². The van der Waals surface area contributed by atoms with Gasteiger partial charge in [-0.2, -0.15) is 0 Å². The van der Waals surface area contributed by atoms with Gasteiger partial charge in [-0.3, -0.25) is 0 Å². The van der Waals surface area contributed by atoms with Crippen LogP contribution < -0.4 is 0 Å². The molecule has 0 unspecified atom stereocenters. The summed E-state index contributed by atoms with van der Waals surface area (Å²) in [6.07, 6.45) is 6.49. The Labute approximate surface area is 97.1 Å². The third-order valence-electron chi connectivity index (χ3n) is 2.72. The Balaban J connectivity index is 2.04. The summed E-state index contributed by atoms with van der Waals surface area (Å²) in [5.74, 6) is 1.89. The summed E-state index contributed by atoms with van der Waals surface area (Å²) in [5.41, 5.74) is 1.19. The number of nitrogens with zero attached hydrogens (tertiary/aromatic N) is 2. The van der Waals surface area contributed by atoms with Gasteiger partial charge in [0.1, 0.15) is 5.82 Å². The maximum Gasteiger partial charge on any atom is 0.116 e. The third-order valence-corrected chi connectivity index (χ3v) is 3.25. The maximum atomic E-state index is 4.43. The fraction of sp³-hybridized carbons (Fsp3) is 0.250. The molecule has 1 aliphatic rings. The standard InChI is InChI=1S/C12H11BrN2/c13-10-3-5-11(6-4-10)15-8-7-14-12(15)9-1-2-9/h3-9H,1-2H2. The molecule has 3 heteroatoms. The van der Waals surface area contributed by atoms with Crippen LogP contribution in [0, 0.1) is 0 Å². The van der Waals surface area contributed by atoms with Gasteiger partial charge in [0, 0.05) is 28.5 Å². The summed E-state index contributed by atoms with van der Waals surface area (Å²) in [6, 6.07) is 8.34. The van der Waals surface area contributed by atoms with E-state index in [9.17, 15) is 0 Å². The van der Waals surface area contributed by atoms with Crippen molar-refractivity contribution in [2.45, 2.75) is 18.8 Å². The average Bonchev–Trinajstić information content (AvgIpc) is 2.98. The first-order valence-corrected chi connectivity index (χ1v) is 5.93. The van der Waals surface area contributed by atoms with Gasteiger partial charge in [-0.05, 0) is 37.1 Å². The molecule has 0 amide bonds. The fourth-order valence-electron chi connectivity index (χ4n) is 1.78. The SMILES string of the molecule is Brc1ccc(-n2ccnc2C2CC2)cc1. The lowest BCUT2D eigenvalue weighted by Crippen LogP contribution is -1.98. The first-order chi connectivity index (χ1) is 7.34. The minimum atomic E-state index is 0.684. The van der Waals surface area contributed by atoms with Gasteiger partial charge >= 0.3 is 0 Å². The quantitative estimate of drug-likeness (QED) is 0.810. The normalized spacial score (nSPS) is 15.5. The summed E-state index contributed by atoms with van der Waals surface area (Å²) < 4.78 is 3.30. The van der Waals surface area contributed by atoms with Gasteiger partial charge < -0.3 is 4.57 Å². The van der Waals surface area contributed by atoms with Gasteiger partial charge in [0.05, 0.1) is 0 Å². The second kappa shape index (κ2) is 3.49. The molecule has 3 rings (SSSR count). The Bertz CT molecular complexity index is 469. The average molecular weight is 263 g/mol. The van der Waals surface area contributed by atoms with Crippen LogP contribution >= 0.6 is 15.9 Å². The molecule has 1 fully saturated rings. The zero-order chi connectivity index (χ0) is 10.3. The maximum absolute atomic E-state index is 4.43. The lowest BCUT2D eigenvalue weighted by molar-refractivity contribution is 0.880. The van der Waals surface area contributed by atoms with Crippen LogP contribution in [0.3, 0.4) is 0 Å². The molecular weight excluding hydrogens is 252 g/mol. The van der Waals surface area contributed by atoms with E-state index < -0.39 is 0 Å². The predicted molar refractivity (Wildman–Crippen MR) is 63.2 cm³/mol. The highest BCUT2D eigenvalue weighted by atomic mass is 79.9. The predicted octanol–water partition coefficient (Wildman–Crippen LogP) is 3.51. The van der Waals surface area contributed by atoms with E-state index in [1.54, 1.807) is 0 Å². The van der Waals surface area contributed by atoms with Gasteiger partial charge in [0.15, 0.2) is 0 Å². The molecule has 1 saturated carbocycles. The van der Waals surface area contributed by atoms with Gasteiger partial charge in [-0.1, -0.05) is 15.9 Å². The molecule has 0 N–H and O–H groups in total. The highest BCUT2D eigenvalue weighted by Gasteiger charge is 2.28. The van der Waals surface area contributed by atoms with Crippen LogP contribution in [0.25, 0.3) is 5.69 Å².